The number of aliphatic hydroxyl groups is 1. The Morgan fingerprint density at radius 2 is 1.65 bits per heavy atom. The van der Waals surface area contributed by atoms with E-state index < -0.39 is 47.7 Å². The molecule has 1 spiro atoms. The summed E-state index contributed by atoms with van der Waals surface area (Å²) in [5.41, 5.74) is 0.0241. The summed E-state index contributed by atoms with van der Waals surface area (Å²) in [6.45, 7) is 2.42. The first-order valence-electron chi connectivity index (χ1n) is 18.1. The molecule has 5 bridgehead atoms. The van der Waals surface area contributed by atoms with Crippen molar-refractivity contribution >= 4 is 40.2 Å². The third kappa shape index (κ3) is 6.58. The number of anilines is 1. The van der Waals surface area contributed by atoms with Crippen molar-refractivity contribution in [3.05, 3.63) is 103 Å². The number of ether oxygens (including phenoxy) is 2. The Balaban J connectivity index is 1.30. The number of aliphatic hydroxyl groups excluding tert-OH is 1. The van der Waals surface area contributed by atoms with Crippen molar-refractivity contribution in [3.8, 4) is 0 Å². The Morgan fingerprint density at radius 1 is 0.882 bits per heavy atom. The van der Waals surface area contributed by atoms with Crippen LogP contribution in [0.5, 0.6) is 0 Å². The summed E-state index contributed by atoms with van der Waals surface area (Å²) in [6, 6.07) is 21.5. The summed E-state index contributed by atoms with van der Waals surface area (Å²) in [6.07, 6.45) is 9.34. The number of allylic oxidation sites excluding steroid dienone is 1. The van der Waals surface area contributed by atoms with E-state index in [0.717, 1.165) is 23.6 Å². The highest BCUT2D eigenvalue weighted by molar-refractivity contribution is 6.06. The fourth-order valence-corrected chi connectivity index (χ4v) is 8.24. The van der Waals surface area contributed by atoms with Crippen LogP contribution in [0.25, 0.3) is 10.8 Å². The molecular formula is C41H45N3O7. The molecule has 4 aliphatic heterocycles. The van der Waals surface area contributed by atoms with Crippen LogP contribution in [-0.4, -0.2) is 77.2 Å². The van der Waals surface area contributed by atoms with Crippen LogP contribution in [0.3, 0.4) is 0 Å². The topological polar surface area (TPSA) is 125 Å². The molecular weight excluding hydrogens is 646 g/mol. The van der Waals surface area contributed by atoms with Crippen LogP contribution in [0.4, 0.5) is 5.69 Å². The molecule has 4 heterocycles. The number of likely N-dealkylation sites (tertiary alicyclic amines) is 1. The Bertz CT molecular complexity index is 1840. The maximum atomic E-state index is 15.1. The second-order valence-electron chi connectivity index (χ2n) is 14.0. The number of benzene rings is 3. The zero-order valence-electron chi connectivity index (χ0n) is 28.9. The molecule has 0 unspecified atom stereocenters. The summed E-state index contributed by atoms with van der Waals surface area (Å²) in [5.74, 6) is -3.35. The van der Waals surface area contributed by atoms with Crippen LogP contribution in [0, 0.1) is 11.8 Å². The molecule has 2 saturated heterocycles. The molecule has 3 amide bonds. The van der Waals surface area contributed by atoms with Crippen molar-refractivity contribution in [2.45, 2.75) is 75.3 Å². The number of hydrogen-bond donors (Lipinski definition) is 2. The number of fused-ring (bicyclic) bond motifs is 3. The van der Waals surface area contributed by atoms with Gasteiger partial charge >= 0.3 is 5.97 Å². The number of carbonyl (C=O) groups is 4. The number of carbonyl (C=O) groups excluding carboxylic acids is 4. The maximum Gasteiger partial charge on any atom is 0.313 e. The number of rotatable bonds is 8. The standard InChI is InChI=1S/C41H45N3O7/c1-27-36(29-15-6-4-7-16-29)50-40(49)34-32-21-22-41(51-32)35(34)38(47)44(24-11-2-3-13-25-45)37(41)39(48)43(23-12-5-8-18-33(46)42-27)31-20-19-28-14-9-10-17-30(28)26-31/h4-7,9-10,12,14-17,19-22,26-27,32,34-37,45H,2-3,8,11,13,18,23-25H2,1H3,(H,42,46)/b12-5-/t27-,32+,34-,35-,36+,37+,41-/m0/s1. The lowest BCUT2D eigenvalue weighted by Crippen LogP contribution is -2.56. The van der Waals surface area contributed by atoms with Gasteiger partial charge in [-0.15, -0.1) is 0 Å². The normalized spacial score (nSPS) is 30.1. The summed E-state index contributed by atoms with van der Waals surface area (Å²) in [7, 11) is 0. The highest BCUT2D eigenvalue weighted by Crippen LogP contribution is 2.56. The molecule has 4 aliphatic rings. The van der Waals surface area contributed by atoms with Crippen LogP contribution in [0.1, 0.15) is 57.1 Å². The lowest BCUT2D eigenvalue weighted by atomic mass is 9.74. The van der Waals surface area contributed by atoms with E-state index in [9.17, 15) is 19.5 Å². The summed E-state index contributed by atoms with van der Waals surface area (Å²) >= 11 is 0. The minimum Gasteiger partial charge on any atom is -0.455 e. The van der Waals surface area contributed by atoms with Gasteiger partial charge in [0.15, 0.2) is 0 Å². The number of esters is 1. The molecule has 3 aromatic rings. The minimum absolute atomic E-state index is 0.0965. The van der Waals surface area contributed by atoms with Gasteiger partial charge in [-0.25, -0.2) is 0 Å². The molecule has 10 heteroatoms. The molecule has 2 fully saturated rings. The summed E-state index contributed by atoms with van der Waals surface area (Å²) in [5, 5.41) is 14.3. The second-order valence-corrected chi connectivity index (χ2v) is 14.0. The molecule has 10 nitrogen and oxygen atoms in total. The minimum atomic E-state index is -1.36. The number of cyclic esters (lactones) is 1. The SMILES string of the molecule is C[C@@H]1NC(=O)CC/C=C\CN(c2ccc3ccccc3c2)C(=O)[C@H]2N(CCCCCCO)C(=O)[C@@H]3[C@@H](C(=O)O[C@H]1c1ccccc1)[C@H]1C=C[C@]32O1. The smallest absolute Gasteiger partial charge is 0.313 e. The number of unbranched alkanes of at least 4 members (excludes halogenated alkanes) is 3. The van der Waals surface area contributed by atoms with Gasteiger partial charge in [0.1, 0.15) is 23.7 Å². The Morgan fingerprint density at radius 3 is 2.45 bits per heavy atom. The van der Waals surface area contributed by atoms with Gasteiger partial charge in [0.2, 0.25) is 11.8 Å². The first-order chi connectivity index (χ1) is 24.8. The van der Waals surface area contributed by atoms with Gasteiger partial charge in [-0.1, -0.05) is 97.8 Å². The Hall–Kier alpha value is -4.80. The average Bonchev–Trinajstić information content (AvgIpc) is 3.78. The van der Waals surface area contributed by atoms with Gasteiger partial charge in [0.05, 0.1) is 18.1 Å². The molecule has 7 rings (SSSR count). The lowest BCUT2D eigenvalue weighted by Gasteiger charge is -2.36. The van der Waals surface area contributed by atoms with Gasteiger partial charge in [0.25, 0.3) is 5.91 Å². The van der Waals surface area contributed by atoms with Crippen molar-refractivity contribution in [2.24, 2.45) is 11.8 Å². The molecule has 2 N–H and O–H groups in total. The van der Waals surface area contributed by atoms with E-state index >= 15 is 4.79 Å². The molecule has 3 aromatic carbocycles. The largest absolute Gasteiger partial charge is 0.455 e. The highest BCUT2D eigenvalue weighted by atomic mass is 16.6. The monoisotopic (exact) mass is 691 g/mol. The van der Waals surface area contributed by atoms with E-state index in [-0.39, 0.29) is 37.3 Å². The molecule has 0 aliphatic carbocycles. The Kier molecular flexibility index (Phi) is 10.1. The number of hydrogen-bond acceptors (Lipinski definition) is 7. The second kappa shape index (κ2) is 14.8. The first kappa shape index (κ1) is 34.6. The van der Waals surface area contributed by atoms with Crippen LogP contribution < -0.4 is 10.2 Å². The zero-order valence-corrected chi connectivity index (χ0v) is 28.9. The van der Waals surface area contributed by atoms with E-state index in [1.54, 1.807) is 22.8 Å². The van der Waals surface area contributed by atoms with Gasteiger partial charge in [-0.05, 0) is 54.7 Å². The highest BCUT2D eigenvalue weighted by Gasteiger charge is 2.73. The molecule has 266 valence electrons. The number of nitrogens with one attached hydrogen (secondary N) is 1. The van der Waals surface area contributed by atoms with E-state index in [1.807, 2.05) is 91.0 Å². The van der Waals surface area contributed by atoms with Gasteiger partial charge < -0.3 is 29.7 Å². The van der Waals surface area contributed by atoms with Crippen LogP contribution in [-0.2, 0) is 28.7 Å². The van der Waals surface area contributed by atoms with E-state index in [2.05, 4.69) is 5.32 Å². The van der Waals surface area contributed by atoms with Crippen molar-refractivity contribution < 1.29 is 33.8 Å². The third-order valence-corrected chi connectivity index (χ3v) is 10.7. The average molecular weight is 692 g/mol. The van der Waals surface area contributed by atoms with Gasteiger partial charge in [-0.3, -0.25) is 19.2 Å². The number of amides is 3. The fraction of sp³-hybridized carbons (Fsp3) is 0.415. The van der Waals surface area contributed by atoms with Crippen molar-refractivity contribution in [2.75, 3.05) is 24.6 Å². The predicted molar refractivity (Wildman–Crippen MR) is 192 cm³/mol. The number of nitrogens with zero attached hydrogens (tertiary/aromatic N) is 2. The predicted octanol–water partition coefficient (Wildman–Crippen LogP) is 5.02. The van der Waals surface area contributed by atoms with Crippen LogP contribution >= 0.6 is 0 Å². The first-order valence-corrected chi connectivity index (χ1v) is 18.1. The van der Waals surface area contributed by atoms with Crippen molar-refractivity contribution in [1.29, 1.82) is 0 Å². The quantitative estimate of drug-likeness (QED) is 0.193. The molecule has 51 heavy (non-hydrogen) atoms. The lowest BCUT2D eigenvalue weighted by molar-refractivity contribution is -0.161. The van der Waals surface area contributed by atoms with E-state index in [0.29, 0.717) is 37.1 Å². The van der Waals surface area contributed by atoms with Gasteiger partial charge in [-0.2, -0.15) is 0 Å². The molecule has 0 aromatic heterocycles. The van der Waals surface area contributed by atoms with Gasteiger partial charge in [0, 0.05) is 31.8 Å². The van der Waals surface area contributed by atoms with Crippen molar-refractivity contribution in [3.63, 3.8) is 0 Å². The van der Waals surface area contributed by atoms with E-state index in [1.165, 1.54) is 0 Å². The maximum absolute atomic E-state index is 15.1. The molecule has 0 saturated carbocycles. The molecule has 0 radical (unpaired) electrons. The van der Waals surface area contributed by atoms with E-state index in [4.69, 9.17) is 9.47 Å². The Labute approximate surface area is 298 Å². The van der Waals surface area contributed by atoms with Crippen molar-refractivity contribution in [1.82, 2.24) is 10.2 Å². The fourth-order valence-electron chi connectivity index (χ4n) is 8.24. The molecule has 7 atom stereocenters. The van der Waals surface area contributed by atoms with Crippen LogP contribution in [0.15, 0.2) is 97.1 Å². The third-order valence-electron chi connectivity index (χ3n) is 10.7. The van der Waals surface area contributed by atoms with Crippen LogP contribution in [0.2, 0.25) is 0 Å². The summed E-state index contributed by atoms with van der Waals surface area (Å²) in [4.78, 5) is 60.5. The zero-order chi connectivity index (χ0) is 35.5. The summed E-state index contributed by atoms with van der Waals surface area (Å²) < 4.78 is 12.9.